The zero-order chi connectivity index (χ0) is 29.2. The zero-order valence-corrected chi connectivity index (χ0v) is 24.8. The average Bonchev–Trinajstić information content (AvgIpc) is 3.41. The van der Waals surface area contributed by atoms with Crippen LogP contribution in [0.5, 0.6) is 5.75 Å². The van der Waals surface area contributed by atoms with Crippen molar-refractivity contribution in [1.29, 1.82) is 0 Å². The molecule has 0 saturated heterocycles. The van der Waals surface area contributed by atoms with Crippen LogP contribution >= 0.6 is 0 Å². The molecule has 1 aliphatic heterocycles. The van der Waals surface area contributed by atoms with Crippen molar-refractivity contribution in [1.82, 2.24) is 10.4 Å². The van der Waals surface area contributed by atoms with Gasteiger partial charge in [-0.3, -0.25) is 10.2 Å². The van der Waals surface area contributed by atoms with Gasteiger partial charge in [0.1, 0.15) is 11.8 Å². The number of benzene rings is 4. The van der Waals surface area contributed by atoms with Crippen LogP contribution in [0.15, 0.2) is 108 Å². The predicted molar refractivity (Wildman–Crippen MR) is 173 cm³/mol. The average molecular weight is 559 g/mol. The van der Waals surface area contributed by atoms with E-state index < -0.39 is 0 Å². The van der Waals surface area contributed by atoms with Gasteiger partial charge >= 0.3 is 0 Å². The van der Waals surface area contributed by atoms with Gasteiger partial charge in [0.15, 0.2) is 6.61 Å². The number of nitrogens with one attached hydrogen (secondary N) is 1. The molecule has 214 valence electrons. The second-order valence-corrected chi connectivity index (χ2v) is 11.4. The number of allylic oxidation sites excluding steroid dienone is 1. The van der Waals surface area contributed by atoms with E-state index in [4.69, 9.17) is 4.74 Å². The van der Waals surface area contributed by atoms with E-state index in [2.05, 4.69) is 96.1 Å². The first-order valence-corrected chi connectivity index (χ1v) is 14.6. The molecule has 0 unspecified atom stereocenters. The van der Waals surface area contributed by atoms with Gasteiger partial charge in [0, 0.05) is 45.0 Å². The molecule has 0 saturated carbocycles. The van der Waals surface area contributed by atoms with Crippen LogP contribution < -0.4 is 20.0 Å². The number of hydrogen-bond acceptors (Lipinski definition) is 5. The number of nitrogens with zero attached hydrogens (tertiary/aromatic N) is 3. The molecule has 0 radical (unpaired) electrons. The van der Waals surface area contributed by atoms with Crippen LogP contribution in [0.1, 0.15) is 36.4 Å². The Morgan fingerprint density at radius 1 is 0.857 bits per heavy atom. The minimum absolute atomic E-state index is 0.0567. The molecule has 0 bridgehead atoms. The van der Waals surface area contributed by atoms with Crippen LogP contribution in [0.25, 0.3) is 16.8 Å². The second kappa shape index (κ2) is 11.6. The van der Waals surface area contributed by atoms with Crippen LogP contribution in [0, 0.1) is 0 Å². The molecule has 0 aromatic heterocycles. The second-order valence-electron chi connectivity index (χ2n) is 11.4. The van der Waals surface area contributed by atoms with Crippen molar-refractivity contribution in [3.8, 4) is 5.75 Å². The molecule has 1 aliphatic carbocycles. The number of ether oxygens (including phenoxy) is 1. The summed E-state index contributed by atoms with van der Waals surface area (Å²) in [5.74, 6) is 0.612. The number of hydrazine groups is 1. The fourth-order valence-electron chi connectivity index (χ4n) is 5.94. The highest BCUT2D eigenvalue weighted by molar-refractivity contribution is 5.89. The number of anilines is 2. The number of rotatable bonds is 7. The molecule has 0 spiro atoms. The molecule has 4 aromatic rings. The largest absolute Gasteiger partial charge is 0.483 e. The summed E-state index contributed by atoms with van der Waals surface area (Å²) in [4.78, 5) is 18.1. The number of amides is 1. The standard InChI is InChI=1S/C36H38N4O2/c1-38(2)29-19-15-25(16-20-29)23-28-11-7-13-32-35(28)37-40(36(32)27-17-21-30(22-18-27)39(3)4)34(41)24-42-33-14-8-10-26-9-5-6-12-31(26)33/h5-6,8-10,12,14-23,36-37H,7,11,13,24H2,1-4H3/t36-/m1/s1. The van der Waals surface area contributed by atoms with Crippen LogP contribution in [0.3, 0.4) is 0 Å². The van der Waals surface area contributed by atoms with E-state index in [0.717, 1.165) is 52.5 Å². The Morgan fingerprint density at radius 2 is 1.52 bits per heavy atom. The summed E-state index contributed by atoms with van der Waals surface area (Å²) >= 11 is 0. The zero-order valence-electron chi connectivity index (χ0n) is 24.8. The van der Waals surface area contributed by atoms with Crippen molar-refractivity contribution in [2.45, 2.75) is 25.3 Å². The third-order valence-corrected chi connectivity index (χ3v) is 8.20. The minimum atomic E-state index is -0.195. The van der Waals surface area contributed by atoms with Gasteiger partial charge < -0.3 is 14.5 Å². The molecule has 2 aliphatic rings. The van der Waals surface area contributed by atoms with E-state index >= 15 is 0 Å². The smallest absolute Gasteiger partial charge is 0.279 e. The lowest BCUT2D eigenvalue weighted by molar-refractivity contribution is -0.137. The van der Waals surface area contributed by atoms with E-state index in [0.29, 0.717) is 5.75 Å². The van der Waals surface area contributed by atoms with Gasteiger partial charge in [-0.1, -0.05) is 60.7 Å². The fraction of sp³-hybridized carbons (Fsp3) is 0.250. The molecule has 1 heterocycles. The molecule has 4 aromatic carbocycles. The summed E-state index contributed by atoms with van der Waals surface area (Å²) in [5, 5.41) is 3.88. The maximum absolute atomic E-state index is 13.9. The van der Waals surface area contributed by atoms with Crippen molar-refractivity contribution in [2.24, 2.45) is 0 Å². The molecule has 42 heavy (non-hydrogen) atoms. The maximum atomic E-state index is 13.9. The Labute approximate surface area is 248 Å². The Morgan fingerprint density at radius 3 is 2.24 bits per heavy atom. The van der Waals surface area contributed by atoms with Crippen LogP contribution in [0.4, 0.5) is 11.4 Å². The van der Waals surface area contributed by atoms with E-state index in [9.17, 15) is 4.79 Å². The third-order valence-electron chi connectivity index (χ3n) is 8.20. The van der Waals surface area contributed by atoms with Crippen LogP contribution in [-0.4, -0.2) is 45.7 Å². The van der Waals surface area contributed by atoms with Crippen LogP contribution in [-0.2, 0) is 4.79 Å². The lowest BCUT2D eigenvalue weighted by atomic mass is 9.85. The van der Waals surface area contributed by atoms with Gasteiger partial charge in [0.2, 0.25) is 0 Å². The first-order valence-electron chi connectivity index (χ1n) is 14.6. The lowest BCUT2D eigenvalue weighted by Crippen LogP contribution is -2.42. The first-order chi connectivity index (χ1) is 20.4. The topological polar surface area (TPSA) is 48.1 Å². The van der Waals surface area contributed by atoms with Crippen molar-refractivity contribution in [3.63, 3.8) is 0 Å². The van der Waals surface area contributed by atoms with Gasteiger partial charge in [0.25, 0.3) is 5.91 Å². The molecule has 6 nitrogen and oxygen atoms in total. The molecule has 1 N–H and O–H groups in total. The SMILES string of the molecule is CN(C)c1ccc(C=C2CCCC3=C2NN(C(=O)COc2cccc4ccccc24)[C@@H]3c2ccc(N(C)C)cc2)cc1. The first kappa shape index (κ1) is 27.5. The number of fused-ring (bicyclic) bond motifs is 1. The Balaban J connectivity index is 1.32. The van der Waals surface area contributed by atoms with Crippen molar-refractivity contribution in [2.75, 3.05) is 44.6 Å². The highest BCUT2D eigenvalue weighted by Gasteiger charge is 2.39. The third kappa shape index (κ3) is 5.45. The summed E-state index contributed by atoms with van der Waals surface area (Å²) in [6.07, 6.45) is 5.20. The summed E-state index contributed by atoms with van der Waals surface area (Å²) < 4.78 is 6.16. The Kier molecular flexibility index (Phi) is 7.62. The van der Waals surface area contributed by atoms with Gasteiger partial charge in [-0.15, -0.1) is 0 Å². The predicted octanol–water partition coefficient (Wildman–Crippen LogP) is 6.96. The van der Waals surface area contributed by atoms with E-state index in [1.807, 2.05) is 44.4 Å². The lowest BCUT2D eigenvalue weighted by Gasteiger charge is -2.27. The molecule has 0 fully saturated rings. The molecular formula is C36H38N4O2. The summed E-state index contributed by atoms with van der Waals surface area (Å²) in [7, 11) is 8.18. The quantitative estimate of drug-likeness (QED) is 0.266. The number of hydrogen-bond donors (Lipinski definition) is 1. The summed E-state index contributed by atoms with van der Waals surface area (Å²) in [6, 6.07) is 31.0. The molecular weight excluding hydrogens is 520 g/mol. The monoisotopic (exact) mass is 558 g/mol. The highest BCUT2D eigenvalue weighted by Crippen LogP contribution is 2.44. The molecule has 1 atom stereocenters. The van der Waals surface area contributed by atoms with Gasteiger partial charge in [-0.2, -0.15) is 0 Å². The molecule has 6 rings (SSSR count). The van der Waals surface area contributed by atoms with Crippen molar-refractivity contribution < 1.29 is 9.53 Å². The van der Waals surface area contributed by atoms with E-state index in [1.165, 1.54) is 16.8 Å². The van der Waals surface area contributed by atoms with E-state index in [-0.39, 0.29) is 18.6 Å². The minimum Gasteiger partial charge on any atom is -0.483 e. The number of carbonyl (C=O) groups is 1. The molecule has 1 amide bonds. The van der Waals surface area contributed by atoms with Crippen molar-refractivity contribution in [3.05, 3.63) is 119 Å². The summed E-state index contributed by atoms with van der Waals surface area (Å²) in [6.45, 7) is -0.0567. The maximum Gasteiger partial charge on any atom is 0.279 e. The summed E-state index contributed by atoms with van der Waals surface area (Å²) in [5.41, 5.74) is 11.6. The highest BCUT2D eigenvalue weighted by atomic mass is 16.5. The van der Waals surface area contributed by atoms with Gasteiger partial charge in [0.05, 0.1) is 5.70 Å². The Bertz CT molecular complexity index is 1650. The normalized spacial score (nSPS) is 17.3. The fourth-order valence-corrected chi connectivity index (χ4v) is 5.94. The van der Waals surface area contributed by atoms with E-state index in [1.54, 1.807) is 5.01 Å². The number of carbonyl (C=O) groups excluding carboxylic acids is 1. The Hall–Kier alpha value is -4.71. The van der Waals surface area contributed by atoms with Gasteiger partial charge in [-0.05, 0) is 83.3 Å². The molecule has 6 heteroatoms. The van der Waals surface area contributed by atoms with Gasteiger partial charge in [-0.25, -0.2) is 5.01 Å². The van der Waals surface area contributed by atoms with Crippen LogP contribution in [0.2, 0.25) is 0 Å². The van der Waals surface area contributed by atoms with Crippen molar-refractivity contribution >= 4 is 34.1 Å².